The molecule has 1 heterocycles. The van der Waals surface area contributed by atoms with Crippen LogP contribution < -0.4 is 5.69 Å². The number of nitriles is 1. The van der Waals surface area contributed by atoms with E-state index in [0.717, 1.165) is 12.8 Å². The molecule has 4 nitrogen and oxygen atoms in total. The van der Waals surface area contributed by atoms with E-state index in [-0.39, 0.29) is 12.2 Å². The summed E-state index contributed by atoms with van der Waals surface area (Å²) in [4.78, 5) is 11.4. The number of hydrogen-bond donors (Lipinski definition) is 0. The van der Waals surface area contributed by atoms with Gasteiger partial charge in [0.1, 0.15) is 6.54 Å². The molecular formula is C8H9N3O. The highest BCUT2D eigenvalue weighted by atomic mass is 16.1. The van der Waals surface area contributed by atoms with Crippen LogP contribution >= 0.6 is 0 Å². The van der Waals surface area contributed by atoms with Crippen molar-refractivity contribution in [2.75, 3.05) is 0 Å². The van der Waals surface area contributed by atoms with Gasteiger partial charge in [-0.2, -0.15) is 5.26 Å². The van der Waals surface area contributed by atoms with Crippen molar-refractivity contribution >= 4 is 0 Å². The third-order valence-electron chi connectivity index (χ3n) is 2.06. The van der Waals surface area contributed by atoms with E-state index in [1.54, 1.807) is 17.0 Å². The Hall–Kier alpha value is -1.50. The molecule has 0 bridgehead atoms. The highest BCUT2D eigenvalue weighted by Gasteiger charge is 2.25. The van der Waals surface area contributed by atoms with Crippen LogP contribution in [0.4, 0.5) is 0 Å². The van der Waals surface area contributed by atoms with Crippen LogP contribution in [-0.2, 0) is 6.54 Å². The van der Waals surface area contributed by atoms with Crippen LogP contribution in [0.3, 0.4) is 0 Å². The molecule has 0 aromatic carbocycles. The molecule has 0 aliphatic heterocycles. The molecule has 1 aromatic rings. The van der Waals surface area contributed by atoms with Gasteiger partial charge in [-0.3, -0.25) is 9.13 Å². The average molecular weight is 163 g/mol. The molecule has 0 amide bonds. The molecule has 1 aromatic heterocycles. The van der Waals surface area contributed by atoms with E-state index >= 15 is 0 Å². The van der Waals surface area contributed by atoms with Crippen LogP contribution in [0, 0.1) is 11.3 Å². The first-order chi connectivity index (χ1) is 5.83. The second kappa shape index (κ2) is 2.52. The van der Waals surface area contributed by atoms with E-state index in [2.05, 4.69) is 0 Å². The van der Waals surface area contributed by atoms with Crippen molar-refractivity contribution in [3.05, 3.63) is 22.9 Å². The highest BCUT2D eigenvalue weighted by Crippen LogP contribution is 2.33. The lowest BCUT2D eigenvalue weighted by atomic mass is 10.7. The quantitative estimate of drug-likeness (QED) is 0.637. The fourth-order valence-electron chi connectivity index (χ4n) is 1.26. The second-order valence-electron chi connectivity index (χ2n) is 3.01. The number of nitrogens with zero attached hydrogens (tertiary/aromatic N) is 3. The van der Waals surface area contributed by atoms with Gasteiger partial charge in [-0.15, -0.1) is 0 Å². The maximum atomic E-state index is 11.4. The predicted molar refractivity (Wildman–Crippen MR) is 42.6 cm³/mol. The third kappa shape index (κ3) is 1.03. The molecule has 0 N–H and O–H groups in total. The summed E-state index contributed by atoms with van der Waals surface area (Å²) in [6, 6.07) is 2.35. The topological polar surface area (TPSA) is 50.7 Å². The number of hydrogen-bond acceptors (Lipinski definition) is 2. The molecule has 1 saturated carbocycles. The normalized spacial score (nSPS) is 15.9. The van der Waals surface area contributed by atoms with Crippen molar-refractivity contribution in [2.24, 2.45) is 0 Å². The molecule has 0 spiro atoms. The monoisotopic (exact) mass is 163 g/mol. The maximum Gasteiger partial charge on any atom is 0.329 e. The fraction of sp³-hybridized carbons (Fsp3) is 0.500. The minimum atomic E-state index is -0.0564. The summed E-state index contributed by atoms with van der Waals surface area (Å²) in [6.45, 7) is 0.151. The van der Waals surface area contributed by atoms with E-state index in [1.165, 1.54) is 4.57 Å². The van der Waals surface area contributed by atoms with Crippen molar-refractivity contribution in [3.63, 3.8) is 0 Å². The molecule has 12 heavy (non-hydrogen) atoms. The largest absolute Gasteiger partial charge is 0.329 e. The van der Waals surface area contributed by atoms with Crippen LogP contribution in [0.2, 0.25) is 0 Å². The Kier molecular flexibility index (Phi) is 1.51. The van der Waals surface area contributed by atoms with Crippen LogP contribution in [0.25, 0.3) is 0 Å². The van der Waals surface area contributed by atoms with Crippen LogP contribution in [0.5, 0.6) is 0 Å². The van der Waals surface area contributed by atoms with Gasteiger partial charge in [0.25, 0.3) is 0 Å². The van der Waals surface area contributed by atoms with Gasteiger partial charge < -0.3 is 0 Å². The fourth-order valence-corrected chi connectivity index (χ4v) is 1.26. The number of imidazole rings is 1. The Balaban J connectivity index is 2.35. The lowest BCUT2D eigenvalue weighted by molar-refractivity contribution is 0.664. The zero-order valence-electron chi connectivity index (χ0n) is 6.60. The molecule has 62 valence electrons. The zero-order valence-corrected chi connectivity index (χ0v) is 6.60. The van der Waals surface area contributed by atoms with Crippen molar-refractivity contribution < 1.29 is 0 Å². The van der Waals surface area contributed by atoms with E-state index in [0.29, 0.717) is 6.04 Å². The molecule has 1 aliphatic rings. The minimum Gasteiger partial charge on any atom is -0.296 e. The van der Waals surface area contributed by atoms with Gasteiger partial charge in [0, 0.05) is 18.4 Å². The van der Waals surface area contributed by atoms with Gasteiger partial charge in [-0.1, -0.05) is 0 Å². The SMILES string of the molecule is N#CCn1ccn(C2CC2)c1=O. The minimum absolute atomic E-state index is 0.0564. The van der Waals surface area contributed by atoms with Crippen LogP contribution in [-0.4, -0.2) is 9.13 Å². The third-order valence-corrected chi connectivity index (χ3v) is 2.06. The van der Waals surface area contributed by atoms with Gasteiger partial charge in [0.05, 0.1) is 6.07 Å². The zero-order chi connectivity index (χ0) is 8.55. The summed E-state index contributed by atoms with van der Waals surface area (Å²) in [5, 5.41) is 8.39. The van der Waals surface area contributed by atoms with Gasteiger partial charge >= 0.3 is 5.69 Å². The first kappa shape index (κ1) is 7.17. The lowest BCUT2D eigenvalue weighted by Crippen LogP contribution is -2.22. The highest BCUT2D eigenvalue weighted by molar-refractivity contribution is 4.92. The smallest absolute Gasteiger partial charge is 0.296 e. The van der Waals surface area contributed by atoms with Crippen molar-refractivity contribution in [1.82, 2.24) is 9.13 Å². The molecule has 0 atom stereocenters. The Morgan fingerprint density at radius 1 is 1.58 bits per heavy atom. The Morgan fingerprint density at radius 2 is 2.33 bits per heavy atom. The summed E-state index contributed by atoms with van der Waals surface area (Å²) in [7, 11) is 0. The first-order valence-corrected chi connectivity index (χ1v) is 3.97. The van der Waals surface area contributed by atoms with E-state index in [9.17, 15) is 4.79 Å². The molecule has 4 heteroatoms. The standard InChI is InChI=1S/C8H9N3O/c9-3-4-10-5-6-11(8(10)12)7-1-2-7/h5-7H,1-2,4H2. The van der Waals surface area contributed by atoms with Gasteiger partial charge in [0.2, 0.25) is 0 Å². The van der Waals surface area contributed by atoms with E-state index in [1.807, 2.05) is 6.07 Å². The van der Waals surface area contributed by atoms with Crippen molar-refractivity contribution in [2.45, 2.75) is 25.4 Å². The number of aromatic nitrogens is 2. The lowest BCUT2D eigenvalue weighted by Gasteiger charge is -1.94. The molecule has 2 rings (SSSR count). The molecule has 0 radical (unpaired) electrons. The van der Waals surface area contributed by atoms with Crippen LogP contribution in [0.1, 0.15) is 18.9 Å². The number of rotatable bonds is 2. The van der Waals surface area contributed by atoms with Crippen molar-refractivity contribution in [1.29, 1.82) is 5.26 Å². The van der Waals surface area contributed by atoms with Gasteiger partial charge in [0.15, 0.2) is 0 Å². The maximum absolute atomic E-state index is 11.4. The van der Waals surface area contributed by atoms with Gasteiger partial charge in [-0.25, -0.2) is 4.79 Å². The van der Waals surface area contributed by atoms with Crippen LogP contribution in [0.15, 0.2) is 17.2 Å². The van der Waals surface area contributed by atoms with E-state index in [4.69, 9.17) is 5.26 Å². The molecular weight excluding hydrogens is 154 g/mol. The Labute approximate surface area is 69.7 Å². The first-order valence-electron chi connectivity index (χ1n) is 3.97. The average Bonchev–Trinajstić information content (AvgIpc) is 2.82. The van der Waals surface area contributed by atoms with Gasteiger partial charge in [-0.05, 0) is 12.8 Å². The summed E-state index contributed by atoms with van der Waals surface area (Å²) < 4.78 is 3.13. The summed E-state index contributed by atoms with van der Waals surface area (Å²) in [5.74, 6) is 0. The molecule has 1 fully saturated rings. The Morgan fingerprint density at radius 3 is 2.92 bits per heavy atom. The Bertz CT molecular complexity index is 378. The van der Waals surface area contributed by atoms with Crippen molar-refractivity contribution in [3.8, 4) is 6.07 Å². The summed E-state index contributed by atoms with van der Waals surface area (Å²) in [6.07, 6.45) is 5.62. The summed E-state index contributed by atoms with van der Waals surface area (Å²) in [5.41, 5.74) is -0.0564. The predicted octanol–water partition coefficient (Wildman–Crippen LogP) is 0.508. The molecule has 0 unspecified atom stereocenters. The second-order valence-corrected chi connectivity index (χ2v) is 3.01. The molecule has 1 aliphatic carbocycles. The van der Waals surface area contributed by atoms with E-state index < -0.39 is 0 Å². The summed E-state index contributed by atoms with van der Waals surface area (Å²) >= 11 is 0. The molecule has 0 saturated heterocycles.